The molecule has 0 spiro atoms. The summed E-state index contributed by atoms with van der Waals surface area (Å²) < 4.78 is 6.41. The topological polar surface area (TPSA) is 72.1 Å². The molecular formula is C17H18N2O3. The Hall–Kier alpha value is -2.61. The highest BCUT2D eigenvalue weighted by Crippen LogP contribution is 2.14. The van der Waals surface area contributed by atoms with Gasteiger partial charge < -0.3 is 9.30 Å². The molecule has 2 rings (SSSR count). The Balaban J connectivity index is 2.12. The van der Waals surface area contributed by atoms with Gasteiger partial charge in [-0.2, -0.15) is 5.26 Å². The molecule has 0 atom stereocenters. The van der Waals surface area contributed by atoms with E-state index >= 15 is 0 Å². The van der Waals surface area contributed by atoms with Gasteiger partial charge in [-0.05, 0) is 25.8 Å². The van der Waals surface area contributed by atoms with Crippen LogP contribution >= 0.6 is 0 Å². The van der Waals surface area contributed by atoms with Crippen molar-refractivity contribution >= 4 is 16.7 Å². The lowest BCUT2D eigenvalue weighted by Gasteiger charge is -2.08. The summed E-state index contributed by atoms with van der Waals surface area (Å²) in [5.74, 6) is -0.217. The number of esters is 1. The Morgan fingerprint density at radius 1 is 1.27 bits per heavy atom. The van der Waals surface area contributed by atoms with E-state index in [1.807, 2.05) is 6.07 Å². The van der Waals surface area contributed by atoms with Crippen LogP contribution in [0.15, 0.2) is 35.3 Å². The molecule has 0 saturated carbocycles. The Bertz CT molecular complexity index is 772. The van der Waals surface area contributed by atoms with Crippen LogP contribution in [0.3, 0.4) is 0 Å². The number of pyridine rings is 1. The maximum Gasteiger partial charge on any atom is 0.305 e. The molecule has 2 aromatic rings. The Morgan fingerprint density at radius 3 is 2.68 bits per heavy atom. The SMILES string of the molecule is CCOC(=O)CCCCn1cc(C#N)c2ccccc2c1=O. The zero-order chi connectivity index (χ0) is 15.9. The second-order valence-corrected chi connectivity index (χ2v) is 4.96. The van der Waals surface area contributed by atoms with Gasteiger partial charge in [-0.15, -0.1) is 0 Å². The number of carbonyl (C=O) groups excluding carboxylic acids is 1. The van der Waals surface area contributed by atoms with Gasteiger partial charge in [0.1, 0.15) is 6.07 Å². The van der Waals surface area contributed by atoms with Crippen molar-refractivity contribution in [2.75, 3.05) is 6.61 Å². The smallest absolute Gasteiger partial charge is 0.305 e. The Kier molecular flexibility index (Phi) is 5.31. The van der Waals surface area contributed by atoms with E-state index < -0.39 is 0 Å². The van der Waals surface area contributed by atoms with Crippen LogP contribution in [0.1, 0.15) is 31.7 Å². The maximum absolute atomic E-state index is 12.4. The number of aryl methyl sites for hydroxylation is 1. The monoisotopic (exact) mass is 298 g/mol. The lowest BCUT2D eigenvalue weighted by atomic mass is 10.1. The van der Waals surface area contributed by atoms with Gasteiger partial charge in [0, 0.05) is 29.9 Å². The Morgan fingerprint density at radius 2 is 2.00 bits per heavy atom. The summed E-state index contributed by atoms with van der Waals surface area (Å²) in [5.41, 5.74) is 0.381. The predicted molar refractivity (Wildman–Crippen MR) is 83.4 cm³/mol. The van der Waals surface area contributed by atoms with Crippen molar-refractivity contribution < 1.29 is 9.53 Å². The van der Waals surface area contributed by atoms with Gasteiger partial charge in [-0.1, -0.05) is 18.2 Å². The van der Waals surface area contributed by atoms with Crippen LogP contribution < -0.4 is 5.56 Å². The number of aromatic nitrogens is 1. The van der Waals surface area contributed by atoms with E-state index in [1.165, 1.54) is 0 Å². The first-order valence-corrected chi connectivity index (χ1v) is 7.35. The van der Waals surface area contributed by atoms with Crippen molar-refractivity contribution in [1.29, 1.82) is 5.26 Å². The van der Waals surface area contributed by atoms with Crippen LogP contribution in [0, 0.1) is 11.3 Å². The average Bonchev–Trinajstić information content (AvgIpc) is 2.54. The summed E-state index contributed by atoms with van der Waals surface area (Å²) in [4.78, 5) is 23.7. The fraction of sp³-hybridized carbons (Fsp3) is 0.353. The number of nitrogens with zero attached hydrogens (tertiary/aromatic N) is 2. The first kappa shape index (κ1) is 15.8. The van der Waals surface area contributed by atoms with Crippen LogP contribution in [0.25, 0.3) is 10.8 Å². The molecular weight excluding hydrogens is 280 g/mol. The molecule has 5 nitrogen and oxygen atoms in total. The van der Waals surface area contributed by atoms with Gasteiger partial charge in [-0.25, -0.2) is 0 Å². The van der Waals surface area contributed by atoms with Crippen molar-refractivity contribution in [3.8, 4) is 6.07 Å². The minimum atomic E-state index is -0.217. The van der Waals surface area contributed by atoms with Gasteiger partial charge >= 0.3 is 5.97 Å². The van der Waals surface area contributed by atoms with Gasteiger partial charge in [-0.3, -0.25) is 9.59 Å². The molecule has 0 aliphatic heterocycles. The molecule has 1 aromatic heterocycles. The van der Waals surface area contributed by atoms with E-state index in [0.29, 0.717) is 48.8 Å². The molecule has 1 heterocycles. The van der Waals surface area contributed by atoms with E-state index in [4.69, 9.17) is 4.74 Å². The summed E-state index contributed by atoms with van der Waals surface area (Å²) in [6.45, 7) is 2.64. The molecule has 114 valence electrons. The summed E-state index contributed by atoms with van der Waals surface area (Å²) in [6.07, 6.45) is 3.28. The van der Waals surface area contributed by atoms with Crippen molar-refractivity contribution in [2.45, 2.75) is 32.7 Å². The van der Waals surface area contributed by atoms with E-state index in [1.54, 1.807) is 35.9 Å². The number of rotatable bonds is 6. The molecule has 0 aliphatic carbocycles. The average molecular weight is 298 g/mol. The molecule has 0 aliphatic rings. The van der Waals surface area contributed by atoms with Gasteiger partial charge in [0.25, 0.3) is 5.56 Å². The first-order valence-electron chi connectivity index (χ1n) is 7.35. The van der Waals surface area contributed by atoms with E-state index in [2.05, 4.69) is 6.07 Å². The third-order valence-corrected chi connectivity index (χ3v) is 3.45. The maximum atomic E-state index is 12.4. The highest BCUT2D eigenvalue weighted by molar-refractivity contribution is 5.86. The summed E-state index contributed by atoms with van der Waals surface area (Å²) >= 11 is 0. The van der Waals surface area contributed by atoms with Crippen molar-refractivity contribution in [3.05, 3.63) is 46.4 Å². The number of carbonyl (C=O) groups is 1. The van der Waals surface area contributed by atoms with E-state index in [-0.39, 0.29) is 11.5 Å². The second-order valence-electron chi connectivity index (χ2n) is 4.96. The van der Waals surface area contributed by atoms with E-state index in [0.717, 1.165) is 0 Å². The lowest BCUT2D eigenvalue weighted by molar-refractivity contribution is -0.143. The molecule has 0 saturated heterocycles. The van der Waals surface area contributed by atoms with Crippen molar-refractivity contribution in [3.63, 3.8) is 0 Å². The van der Waals surface area contributed by atoms with Gasteiger partial charge in [0.2, 0.25) is 0 Å². The number of fused-ring (bicyclic) bond motifs is 1. The highest BCUT2D eigenvalue weighted by Gasteiger charge is 2.08. The molecule has 0 amide bonds. The van der Waals surface area contributed by atoms with Gasteiger partial charge in [0.05, 0.1) is 12.2 Å². The van der Waals surface area contributed by atoms with Crippen molar-refractivity contribution in [1.82, 2.24) is 4.57 Å². The van der Waals surface area contributed by atoms with Crippen LogP contribution in [0.4, 0.5) is 0 Å². The van der Waals surface area contributed by atoms with Crippen LogP contribution in [-0.4, -0.2) is 17.1 Å². The minimum Gasteiger partial charge on any atom is -0.466 e. The first-order chi connectivity index (χ1) is 10.7. The van der Waals surface area contributed by atoms with E-state index in [9.17, 15) is 14.9 Å². The normalized spacial score (nSPS) is 10.4. The number of hydrogen-bond acceptors (Lipinski definition) is 4. The third-order valence-electron chi connectivity index (χ3n) is 3.45. The zero-order valence-corrected chi connectivity index (χ0v) is 12.5. The van der Waals surface area contributed by atoms with Crippen LogP contribution in [0.2, 0.25) is 0 Å². The number of ether oxygens (including phenoxy) is 1. The fourth-order valence-corrected chi connectivity index (χ4v) is 2.38. The van der Waals surface area contributed by atoms with Crippen molar-refractivity contribution in [2.24, 2.45) is 0 Å². The molecule has 5 heteroatoms. The molecule has 0 radical (unpaired) electrons. The Labute approximate surface area is 128 Å². The number of nitriles is 1. The largest absolute Gasteiger partial charge is 0.466 e. The molecule has 1 aromatic carbocycles. The summed E-state index contributed by atoms with van der Waals surface area (Å²) in [7, 11) is 0. The number of benzene rings is 1. The van der Waals surface area contributed by atoms with Crippen LogP contribution in [-0.2, 0) is 16.1 Å². The molecule has 0 N–H and O–H groups in total. The zero-order valence-electron chi connectivity index (χ0n) is 12.5. The second kappa shape index (κ2) is 7.41. The summed E-state index contributed by atoms with van der Waals surface area (Å²) in [6, 6.07) is 9.24. The molecule has 22 heavy (non-hydrogen) atoms. The quantitative estimate of drug-likeness (QED) is 0.607. The van der Waals surface area contributed by atoms with Gasteiger partial charge in [0.15, 0.2) is 0 Å². The fourth-order valence-electron chi connectivity index (χ4n) is 2.38. The third kappa shape index (κ3) is 3.53. The van der Waals surface area contributed by atoms with Crippen LogP contribution in [0.5, 0.6) is 0 Å². The highest BCUT2D eigenvalue weighted by atomic mass is 16.5. The molecule has 0 bridgehead atoms. The molecule has 0 unspecified atom stereocenters. The standard InChI is InChI=1S/C17H18N2O3/c1-2-22-16(20)9-5-6-10-19-12-13(11-18)14-7-3-4-8-15(14)17(19)21/h3-4,7-8,12H,2,5-6,9-10H2,1H3. The summed E-state index contributed by atoms with van der Waals surface area (Å²) in [5, 5.41) is 10.5. The minimum absolute atomic E-state index is 0.106. The number of unbranched alkanes of at least 4 members (excludes halogenated alkanes) is 1. The lowest BCUT2D eigenvalue weighted by Crippen LogP contribution is -2.20. The predicted octanol–water partition coefficient (Wildman–Crippen LogP) is 2.61. The number of hydrogen-bond donors (Lipinski definition) is 0. The molecule has 0 fully saturated rings.